The van der Waals surface area contributed by atoms with Crippen LogP contribution in [0.25, 0.3) is 0 Å². The van der Waals surface area contributed by atoms with Gasteiger partial charge in [-0.3, -0.25) is 14.4 Å². The molecule has 1 aliphatic heterocycles. The van der Waals surface area contributed by atoms with E-state index in [2.05, 4.69) is 10.6 Å². The fraction of sp³-hybridized carbons (Fsp3) is 0.375. The number of carbonyl (C=O) groups excluding carboxylic acids is 3. The standard InChI is InChI=1S/C24H29N3O4/c1-16(2)21(24(30)27-14-6-7-15-27)26-23(29)19-8-4-5-9-20(19)25-22(28)17-10-12-18(31-3)13-11-17/h4-5,8-13,16,21H,6-7,14-15H2,1-3H3,(H,25,28)(H,26,29). The van der Waals surface area contributed by atoms with Crippen molar-refractivity contribution in [3.8, 4) is 5.75 Å². The lowest BCUT2D eigenvalue weighted by Gasteiger charge is -2.27. The molecule has 1 saturated heterocycles. The summed E-state index contributed by atoms with van der Waals surface area (Å²) in [6.45, 7) is 5.28. The molecule has 1 atom stereocenters. The summed E-state index contributed by atoms with van der Waals surface area (Å²) in [6, 6.07) is 12.9. The van der Waals surface area contributed by atoms with E-state index in [1.165, 1.54) is 0 Å². The molecule has 0 saturated carbocycles. The van der Waals surface area contributed by atoms with E-state index in [9.17, 15) is 14.4 Å². The van der Waals surface area contributed by atoms with Gasteiger partial charge in [-0.1, -0.05) is 26.0 Å². The number of nitrogens with zero attached hydrogens (tertiary/aromatic N) is 1. The summed E-state index contributed by atoms with van der Waals surface area (Å²) in [5.74, 6) is -0.189. The van der Waals surface area contributed by atoms with E-state index < -0.39 is 11.9 Å². The zero-order valence-corrected chi connectivity index (χ0v) is 18.2. The highest BCUT2D eigenvalue weighted by molar-refractivity contribution is 6.09. The molecule has 164 valence electrons. The Morgan fingerprint density at radius 3 is 2.19 bits per heavy atom. The van der Waals surface area contributed by atoms with Gasteiger partial charge in [0.1, 0.15) is 11.8 Å². The molecule has 7 heteroatoms. The molecule has 7 nitrogen and oxygen atoms in total. The summed E-state index contributed by atoms with van der Waals surface area (Å²) in [4.78, 5) is 40.4. The topological polar surface area (TPSA) is 87.7 Å². The minimum absolute atomic E-state index is 0.0550. The van der Waals surface area contributed by atoms with Gasteiger partial charge in [0.2, 0.25) is 5.91 Å². The molecule has 0 aliphatic carbocycles. The van der Waals surface area contributed by atoms with Crippen LogP contribution >= 0.6 is 0 Å². The van der Waals surface area contributed by atoms with Gasteiger partial charge in [-0.25, -0.2) is 0 Å². The molecule has 1 unspecified atom stereocenters. The van der Waals surface area contributed by atoms with Crippen molar-refractivity contribution >= 4 is 23.4 Å². The Kier molecular flexibility index (Phi) is 7.28. The van der Waals surface area contributed by atoms with Crippen LogP contribution in [-0.4, -0.2) is 48.9 Å². The second-order valence-corrected chi connectivity index (χ2v) is 7.96. The summed E-state index contributed by atoms with van der Waals surface area (Å²) in [6.07, 6.45) is 1.98. The second-order valence-electron chi connectivity index (χ2n) is 7.96. The Bertz CT molecular complexity index is 934. The molecule has 0 aromatic heterocycles. The maximum Gasteiger partial charge on any atom is 0.255 e. The van der Waals surface area contributed by atoms with E-state index in [1.54, 1.807) is 55.6 Å². The van der Waals surface area contributed by atoms with E-state index in [-0.39, 0.29) is 17.7 Å². The lowest BCUT2D eigenvalue weighted by Crippen LogP contribution is -2.50. The summed E-state index contributed by atoms with van der Waals surface area (Å²) in [5, 5.41) is 5.68. The summed E-state index contributed by atoms with van der Waals surface area (Å²) >= 11 is 0. The Morgan fingerprint density at radius 1 is 0.935 bits per heavy atom. The first-order valence-electron chi connectivity index (χ1n) is 10.5. The number of amides is 3. The number of benzene rings is 2. The molecule has 2 N–H and O–H groups in total. The Balaban J connectivity index is 1.75. The van der Waals surface area contributed by atoms with Gasteiger partial charge >= 0.3 is 0 Å². The Hall–Kier alpha value is -3.35. The first-order valence-corrected chi connectivity index (χ1v) is 10.5. The van der Waals surface area contributed by atoms with Crippen molar-refractivity contribution < 1.29 is 19.1 Å². The van der Waals surface area contributed by atoms with Gasteiger partial charge in [0.15, 0.2) is 0 Å². The van der Waals surface area contributed by atoms with Crippen LogP contribution in [0.1, 0.15) is 47.4 Å². The molecule has 0 spiro atoms. The molecule has 2 aromatic rings. The third-order valence-electron chi connectivity index (χ3n) is 5.41. The van der Waals surface area contributed by atoms with E-state index >= 15 is 0 Å². The normalized spacial score (nSPS) is 14.3. The second kappa shape index (κ2) is 10.1. The van der Waals surface area contributed by atoms with Crippen LogP contribution in [-0.2, 0) is 4.79 Å². The van der Waals surface area contributed by atoms with Crippen molar-refractivity contribution in [2.45, 2.75) is 32.7 Å². The maximum absolute atomic E-state index is 13.1. The average molecular weight is 424 g/mol. The van der Waals surface area contributed by atoms with Crippen molar-refractivity contribution in [2.75, 3.05) is 25.5 Å². The van der Waals surface area contributed by atoms with Gasteiger partial charge in [0.05, 0.1) is 18.4 Å². The Morgan fingerprint density at radius 2 is 1.58 bits per heavy atom. The molecule has 3 amide bonds. The third-order valence-corrected chi connectivity index (χ3v) is 5.41. The molecule has 1 fully saturated rings. The van der Waals surface area contributed by atoms with Crippen LogP contribution in [0, 0.1) is 5.92 Å². The van der Waals surface area contributed by atoms with E-state index in [4.69, 9.17) is 4.74 Å². The third kappa shape index (κ3) is 5.42. The number of hydrogen-bond donors (Lipinski definition) is 2. The highest BCUT2D eigenvalue weighted by Gasteiger charge is 2.30. The minimum atomic E-state index is -0.615. The predicted octanol–water partition coefficient (Wildman–Crippen LogP) is 3.32. The lowest BCUT2D eigenvalue weighted by atomic mass is 10.0. The summed E-state index contributed by atoms with van der Waals surface area (Å²) in [5.41, 5.74) is 1.14. The van der Waals surface area contributed by atoms with Crippen LogP contribution < -0.4 is 15.4 Å². The number of methoxy groups -OCH3 is 1. The van der Waals surface area contributed by atoms with Crippen LogP contribution in [0.3, 0.4) is 0 Å². The van der Waals surface area contributed by atoms with Crippen molar-refractivity contribution in [1.29, 1.82) is 0 Å². The van der Waals surface area contributed by atoms with Crippen LogP contribution in [0.2, 0.25) is 0 Å². The van der Waals surface area contributed by atoms with Crippen molar-refractivity contribution in [2.24, 2.45) is 5.92 Å². The van der Waals surface area contributed by atoms with E-state index in [0.29, 0.717) is 22.6 Å². The molecule has 3 rings (SSSR count). The maximum atomic E-state index is 13.1. The summed E-state index contributed by atoms with van der Waals surface area (Å²) in [7, 11) is 1.56. The highest BCUT2D eigenvalue weighted by atomic mass is 16.5. The van der Waals surface area contributed by atoms with Gasteiger partial charge in [0.25, 0.3) is 11.8 Å². The van der Waals surface area contributed by atoms with Crippen molar-refractivity contribution in [1.82, 2.24) is 10.2 Å². The number of rotatable bonds is 7. The zero-order valence-electron chi connectivity index (χ0n) is 18.2. The molecule has 1 aliphatic rings. The number of likely N-dealkylation sites (tertiary alicyclic amines) is 1. The van der Waals surface area contributed by atoms with Crippen molar-refractivity contribution in [3.63, 3.8) is 0 Å². The smallest absolute Gasteiger partial charge is 0.255 e. The molecule has 0 radical (unpaired) electrons. The zero-order chi connectivity index (χ0) is 22.4. The fourth-order valence-electron chi connectivity index (χ4n) is 3.59. The summed E-state index contributed by atoms with van der Waals surface area (Å²) < 4.78 is 5.11. The number of carbonyl (C=O) groups is 3. The number of anilines is 1. The van der Waals surface area contributed by atoms with Gasteiger partial charge in [-0.05, 0) is 55.2 Å². The number of para-hydroxylation sites is 1. The molecule has 2 aromatic carbocycles. The SMILES string of the molecule is COc1ccc(C(=O)Nc2ccccc2C(=O)NC(C(=O)N2CCCC2)C(C)C)cc1. The van der Waals surface area contributed by atoms with Crippen LogP contribution in [0.15, 0.2) is 48.5 Å². The quantitative estimate of drug-likeness (QED) is 0.715. The van der Waals surface area contributed by atoms with Gasteiger partial charge in [0, 0.05) is 18.7 Å². The molecular weight excluding hydrogens is 394 g/mol. The molecule has 31 heavy (non-hydrogen) atoms. The first-order chi connectivity index (χ1) is 14.9. The van der Waals surface area contributed by atoms with Gasteiger partial charge in [-0.15, -0.1) is 0 Å². The predicted molar refractivity (Wildman–Crippen MR) is 119 cm³/mol. The number of ether oxygens (including phenoxy) is 1. The molecule has 1 heterocycles. The van der Waals surface area contributed by atoms with Crippen molar-refractivity contribution in [3.05, 3.63) is 59.7 Å². The van der Waals surface area contributed by atoms with E-state index in [0.717, 1.165) is 25.9 Å². The van der Waals surface area contributed by atoms with E-state index in [1.807, 2.05) is 18.7 Å². The highest BCUT2D eigenvalue weighted by Crippen LogP contribution is 2.19. The van der Waals surface area contributed by atoms with Crippen LogP contribution in [0.5, 0.6) is 5.75 Å². The van der Waals surface area contributed by atoms with Crippen LogP contribution in [0.4, 0.5) is 5.69 Å². The minimum Gasteiger partial charge on any atom is -0.497 e. The number of nitrogens with one attached hydrogen (secondary N) is 2. The Labute approximate surface area is 182 Å². The monoisotopic (exact) mass is 423 g/mol. The van der Waals surface area contributed by atoms with Gasteiger partial charge < -0.3 is 20.3 Å². The molecule has 0 bridgehead atoms. The average Bonchev–Trinajstić information content (AvgIpc) is 3.32. The lowest BCUT2D eigenvalue weighted by molar-refractivity contribution is -0.133. The largest absolute Gasteiger partial charge is 0.497 e. The van der Waals surface area contributed by atoms with Gasteiger partial charge in [-0.2, -0.15) is 0 Å². The first kappa shape index (κ1) is 22.3. The molecular formula is C24H29N3O4. The number of hydrogen-bond acceptors (Lipinski definition) is 4. The fourth-order valence-corrected chi connectivity index (χ4v) is 3.59.